The van der Waals surface area contributed by atoms with Crippen molar-refractivity contribution in [3.05, 3.63) is 70.4 Å². The summed E-state index contributed by atoms with van der Waals surface area (Å²) >= 11 is 3.47. The number of hydrogen-bond acceptors (Lipinski definition) is 2. The lowest BCUT2D eigenvalue weighted by Gasteiger charge is -2.06. The van der Waals surface area contributed by atoms with E-state index in [1.165, 1.54) is 6.26 Å². The Kier molecular flexibility index (Phi) is 3.56. The lowest BCUT2D eigenvalue weighted by Crippen LogP contribution is -2.22. The number of nitrogens with one attached hydrogen (secondary N) is 1. The third-order valence-electron chi connectivity index (χ3n) is 3.12. The third kappa shape index (κ3) is 2.47. The molecule has 3 nitrogen and oxygen atoms in total. The van der Waals surface area contributed by atoms with Crippen molar-refractivity contribution in [1.82, 2.24) is 5.32 Å². The Morgan fingerprint density at radius 2 is 1.85 bits per heavy atom. The molecule has 0 atom stereocenters. The molecule has 20 heavy (non-hydrogen) atoms. The van der Waals surface area contributed by atoms with Crippen molar-refractivity contribution in [1.29, 1.82) is 0 Å². The van der Waals surface area contributed by atoms with Crippen LogP contribution in [0.15, 0.2) is 63.7 Å². The molecule has 1 N–H and O–H groups in total. The maximum Gasteiger partial charge on any atom is 0.255 e. The van der Waals surface area contributed by atoms with Crippen LogP contribution in [0.3, 0.4) is 0 Å². The van der Waals surface area contributed by atoms with Crippen LogP contribution in [0.2, 0.25) is 0 Å². The molecule has 0 saturated carbocycles. The summed E-state index contributed by atoms with van der Waals surface area (Å²) in [6, 6.07) is 15.3. The summed E-state index contributed by atoms with van der Waals surface area (Å²) in [5.74, 6) is -0.134. The first-order valence-corrected chi connectivity index (χ1v) is 7.03. The molecule has 0 aliphatic heterocycles. The summed E-state index contributed by atoms with van der Waals surface area (Å²) < 4.78 is 6.36. The second-order valence-corrected chi connectivity index (χ2v) is 5.27. The molecule has 3 aromatic rings. The molecule has 0 bridgehead atoms. The van der Waals surface area contributed by atoms with Gasteiger partial charge in [0.25, 0.3) is 5.91 Å². The molecule has 0 saturated heterocycles. The SMILES string of the molecule is O=C(NCc1ccccc1Br)c1coc2ccccc12. The van der Waals surface area contributed by atoms with Gasteiger partial charge in [-0.25, -0.2) is 0 Å². The van der Waals surface area contributed by atoms with Crippen molar-refractivity contribution in [3.63, 3.8) is 0 Å². The highest BCUT2D eigenvalue weighted by atomic mass is 79.9. The van der Waals surface area contributed by atoms with Crippen LogP contribution in [0.25, 0.3) is 11.0 Å². The molecule has 0 unspecified atom stereocenters. The van der Waals surface area contributed by atoms with Crippen LogP contribution in [0.4, 0.5) is 0 Å². The molecular formula is C16H12BrNO2. The quantitative estimate of drug-likeness (QED) is 0.785. The number of amides is 1. The van der Waals surface area contributed by atoms with Crippen molar-refractivity contribution in [2.45, 2.75) is 6.54 Å². The van der Waals surface area contributed by atoms with E-state index in [1.54, 1.807) is 0 Å². The van der Waals surface area contributed by atoms with Crippen LogP contribution in [-0.2, 0) is 6.54 Å². The molecule has 0 radical (unpaired) electrons. The Balaban J connectivity index is 1.79. The van der Waals surface area contributed by atoms with Gasteiger partial charge in [0, 0.05) is 16.4 Å². The van der Waals surface area contributed by atoms with Gasteiger partial charge in [-0.3, -0.25) is 4.79 Å². The largest absolute Gasteiger partial charge is 0.463 e. The molecular weight excluding hydrogens is 318 g/mol. The standard InChI is InChI=1S/C16H12BrNO2/c17-14-7-3-1-5-11(14)9-18-16(19)13-10-20-15-8-4-2-6-12(13)15/h1-8,10H,9H2,(H,18,19). The molecule has 100 valence electrons. The number of carbonyl (C=O) groups is 1. The van der Waals surface area contributed by atoms with E-state index < -0.39 is 0 Å². The fraction of sp³-hybridized carbons (Fsp3) is 0.0625. The zero-order valence-corrected chi connectivity index (χ0v) is 12.2. The minimum atomic E-state index is -0.134. The Morgan fingerprint density at radius 3 is 2.70 bits per heavy atom. The summed E-state index contributed by atoms with van der Waals surface area (Å²) in [6.07, 6.45) is 1.50. The smallest absolute Gasteiger partial charge is 0.255 e. The first kappa shape index (κ1) is 12.9. The van der Waals surface area contributed by atoms with Crippen molar-refractivity contribution >= 4 is 32.8 Å². The minimum Gasteiger partial charge on any atom is -0.463 e. The van der Waals surface area contributed by atoms with E-state index in [9.17, 15) is 4.79 Å². The molecule has 3 rings (SSSR count). The van der Waals surface area contributed by atoms with Crippen LogP contribution in [0.1, 0.15) is 15.9 Å². The van der Waals surface area contributed by atoms with Gasteiger partial charge in [-0.2, -0.15) is 0 Å². The third-order valence-corrected chi connectivity index (χ3v) is 3.90. The van der Waals surface area contributed by atoms with Gasteiger partial charge in [0.1, 0.15) is 11.8 Å². The van der Waals surface area contributed by atoms with Gasteiger partial charge in [0.05, 0.1) is 5.56 Å². The van der Waals surface area contributed by atoms with Gasteiger partial charge < -0.3 is 9.73 Å². The number of carbonyl (C=O) groups excluding carboxylic acids is 1. The number of benzene rings is 2. The summed E-state index contributed by atoms with van der Waals surface area (Å²) in [6.45, 7) is 0.472. The predicted octanol–water partition coefficient (Wildman–Crippen LogP) is 4.13. The fourth-order valence-corrected chi connectivity index (χ4v) is 2.49. The molecule has 1 heterocycles. The Hall–Kier alpha value is -2.07. The van der Waals surface area contributed by atoms with Crippen LogP contribution >= 0.6 is 15.9 Å². The average Bonchev–Trinajstić information content (AvgIpc) is 2.90. The second-order valence-electron chi connectivity index (χ2n) is 4.42. The summed E-state index contributed by atoms with van der Waals surface area (Å²) in [5, 5.41) is 3.74. The van der Waals surface area contributed by atoms with E-state index in [2.05, 4.69) is 21.2 Å². The monoisotopic (exact) mass is 329 g/mol. The normalized spacial score (nSPS) is 10.7. The van der Waals surface area contributed by atoms with Crippen molar-refractivity contribution in [3.8, 4) is 0 Å². The van der Waals surface area contributed by atoms with Gasteiger partial charge >= 0.3 is 0 Å². The van der Waals surface area contributed by atoms with Crippen molar-refractivity contribution < 1.29 is 9.21 Å². The number of fused-ring (bicyclic) bond motifs is 1. The maximum absolute atomic E-state index is 12.2. The molecule has 1 amide bonds. The summed E-state index contributed by atoms with van der Waals surface area (Å²) in [4.78, 5) is 12.2. The molecule has 0 aliphatic carbocycles. The Morgan fingerprint density at radius 1 is 1.10 bits per heavy atom. The van der Waals surface area contributed by atoms with Crippen LogP contribution in [0, 0.1) is 0 Å². The van der Waals surface area contributed by atoms with Crippen LogP contribution < -0.4 is 5.32 Å². The van der Waals surface area contributed by atoms with Gasteiger partial charge in [-0.05, 0) is 17.7 Å². The van der Waals surface area contributed by atoms with E-state index in [-0.39, 0.29) is 5.91 Å². The number of rotatable bonds is 3. The lowest BCUT2D eigenvalue weighted by atomic mass is 10.1. The van der Waals surface area contributed by atoms with E-state index >= 15 is 0 Å². The maximum atomic E-state index is 12.2. The number of hydrogen-bond donors (Lipinski definition) is 1. The van der Waals surface area contributed by atoms with Crippen molar-refractivity contribution in [2.24, 2.45) is 0 Å². The molecule has 4 heteroatoms. The molecule has 2 aromatic carbocycles. The van der Waals surface area contributed by atoms with E-state index in [4.69, 9.17) is 4.42 Å². The number of para-hydroxylation sites is 1. The first-order chi connectivity index (χ1) is 9.75. The van der Waals surface area contributed by atoms with Crippen molar-refractivity contribution in [2.75, 3.05) is 0 Å². The zero-order chi connectivity index (χ0) is 13.9. The Bertz CT molecular complexity index is 764. The van der Waals surface area contributed by atoms with E-state index in [1.807, 2.05) is 48.5 Å². The average molecular weight is 330 g/mol. The highest BCUT2D eigenvalue weighted by Gasteiger charge is 2.13. The minimum absolute atomic E-state index is 0.134. The Labute approximate surface area is 124 Å². The highest BCUT2D eigenvalue weighted by molar-refractivity contribution is 9.10. The summed E-state index contributed by atoms with van der Waals surface area (Å²) in [7, 11) is 0. The first-order valence-electron chi connectivity index (χ1n) is 6.23. The van der Waals surface area contributed by atoms with Gasteiger partial charge in [0.2, 0.25) is 0 Å². The van der Waals surface area contributed by atoms with E-state index in [0.29, 0.717) is 12.1 Å². The highest BCUT2D eigenvalue weighted by Crippen LogP contribution is 2.21. The number of halogens is 1. The molecule has 1 aromatic heterocycles. The predicted molar refractivity (Wildman–Crippen MR) is 81.5 cm³/mol. The topological polar surface area (TPSA) is 42.2 Å². The van der Waals surface area contributed by atoms with E-state index in [0.717, 1.165) is 21.0 Å². The van der Waals surface area contributed by atoms with Gasteiger partial charge in [0.15, 0.2) is 0 Å². The van der Waals surface area contributed by atoms with Gasteiger partial charge in [-0.15, -0.1) is 0 Å². The summed E-state index contributed by atoms with van der Waals surface area (Å²) in [5.41, 5.74) is 2.32. The fourth-order valence-electron chi connectivity index (χ4n) is 2.07. The molecule has 0 fully saturated rings. The molecule has 0 spiro atoms. The second kappa shape index (κ2) is 5.51. The van der Waals surface area contributed by atoms with Crippen LogP contribution in [0.5, 0.6) is 0 Å². The number of furan rings is 1. The van der Waals surface area contributed by atoms with Gasteiger partial charge in [-0.1, -0.05) is 52.3 Å². The van der Waals surface area contributed by atoms with Crippen LogP contribution in [-0.4, -0.2) is 5.91 Å². The zero-order valence-electron chi connectivity index (χ0n) is 10.6. The lowest BCUT2D eigenvalue weighted by molar-refractivity contribution is 0.0951. The molecule has 0 aliphatic rings.